The van der Waals surface area contributed by atoms with Crippen molar-refractivity contribution in [1.82, 2.24) is 9.80 Å². The van der Waals surface area contributed by atoms with Crippen LogP contribution in [0.5, 0.6) is 0 Å². The number of carbonyl (C=O) groups is 1. The smallest absolute Gasteiger partial charge is 0.261 e. The van der Waals surface area contributed by atoms with E-state index in [-0.39, 0.29) is 18.0 Å². The Balaban J connectivity index is 1.70. The van der Waals surface area contributed by atoms with E-state index in [2.05, 4.69) is 0 Å². The zero-order valence-corrected chi connectivity index (χ0v) is 19.6. The molecule has 6 nitrogen and oxygen atoms in total. The Morgan fingerprint density at radius 3 is 1.85 bits per heavy atom. The molecule has 0 saturated heterocycles. The number of carbonyl (C=O) groups excluding carboxylic acids is 1. The van der Waals surface area contributed by atoms with Crippen LogP contribution < -0.4 is 0 Å². The van der Waals surface area contributed by atoms with Crippen molar-refractivity contribution in [2.24, 2.45) is 0 Å². The molecule has 4 heterocycles. The highest BCUT2D eigenvalue weighted by Crippen LogP contribution is 2.51. The molecule has 1 amide bonds. The molecule has 2 aromatic carbocycles. The number of benzene rings is 2. The molecule has 2 aromatic heterocycles. The van der Waals surface area contributed by atoms with Crippen LogP contribution in [0.3, 0.4) is 0 Å². The van der Waals surface area contributed by atoms with Gasteiger partial charge in [0.05, 0.1) is 17.0 Å². The highest BCUT2D eigenvalue weighted by molar-refractivity contribution is 6.19. The van der Waals surface area contributed by atoms with Crippen molar-refractivity contribution in [2.45, 2.75) is 46.0 Å². The molecule has 2 aliphatic rings. The van der Waals surface area contributed by atoms with Gasteiger partial charge in [0, 0.05) is 39.6 Å². The summed E-state index contributed by atoms with van der Waals surface area (Å²) in [4.78, 5) is 17.8. The number of aliphatic hydroxyl groups excluding tert-OH is 1. The first kappa shape index (κ1) is 20.8. The van der Waals surface area contributed by atoms with Gasteiger partial charge in [-0.2, -0.15) is 0 Å². The summed E-state index contributed by atoms with van der Waals surface area (Å²) < 4.78 is 11.7. The average molecular weight is 455 g/mol. The maximum atomic E-state index is 14.1. The van der Waals surface area contributed by atoms with Crippen molar-refractivity contribution in [3.05, 3.63) is 83.3 Å². The molecule has 4 aromatic rings. The summed E-state index contributed by atoms with van der Waals surface area (Å²) in [5.41, 5.74) is 5.68. The van der Waals surface area contributed by atoms with E-state index in [1.165, 1.54) is 0 Å². The van der Waals surface area contributed by atoms with Gasteiger partial charge in [0.25, 0.3) is 5.91 Å². The normalized spacial score (nSPS) is 18.7. The van der Waals surface area contributed by atoms with Crippen LogP contribution >= 0.6 is 0 Å². The van der Waals surface area contributed by atoms with Gasteiger partial charge in [-0.25, -0.2) is 0 Å². The SMILES string of the molecule is CC(C)N1C(=O)C2=C(c3coc4ccccc34)N(C(C)C)C(O)C2=C1c1coc2ccccc12. The zero-order chi connectivity index (χ0) is 23.7. The minimum Gasteiger partial charge on any atom is -0.464 e. The van der Waals surface area contributed by atoms with Crippen molar-refractivity contribution in [1.29, 1.82) is 0 Å². The van der Waals surface area contributed by atoms with Gasteiger partial charge in [-0.05, 0) is 39.8 Å². The fourth-order valence-corrected chi connectivity index (χ4v) is 5.36. The number of fused-ring (bicyclic) bond motifs is 3. The van der Waals surface area contributed by atoms with Crippen LogP contribution in [0.2, 0.25) is 0 Å². The minimum absolute atomic E-state index is 0.0492. The molecule has 1 atom stereocenters. The Labute approximate surface area is 197 Å². The molecule has 1 unspecified atom stereocenters. The van der Waals surface area contributed by atoms with Gasteiger partial charge in [0.15, 0.2) is 6.23 Å². The molecule has 1 N–H and O–H groups in total. The standard InChI is InChI=1S/C28H26N2O4/c1-15(2)29-25(19-13-33-21-11-7-5-9-17(19)21)23-24(27(29)31)26(30(16(3)4)28(23)32)20-14-34-22-12-8-6-10-18(20)22/h5-16,27,31H,1-4H3. The first-order valence-electron chi connectivity index (χ1n) is 11.6. The van der Waals surface area contributed by atoms with Gasteiger partial charge >= 0.3 is 0 Å². The molecule has 0 radical (unpaired) electrons. The number of furan rings is 2. The van der Waals surface area contributed by atoms with Crippen molar-refractivity contribution in [2.75, 3.05) is 0 Å². The molecule has 0 spiro atoms. The lowest BCUT2D eigenvalue weighted by Crippen LogP contribution is -2.38. The fourth-order valence-electron chi connectivity index (χ4n) is 5.36. The number of aliphatic hydroxyl groups is 1. The second kappa shape index (κ2) is 7.37. The number of rotatable bonds is 4. The largest absolute Gasteiger partial charge is 0.464 e. The third-order valence-corrected chi connectivity index (χ3v) is 6.76. The second-order valence-electron chi connectivity index (χ2n) is 9.42. The van der Waals surface area contributed by atoms with E-state index in [4.69, 9.17) is 8.83 Å². The first-order valence-corrected chi connectivity index (χ1v) is 11.6. The lowest BCUT2D eigenvalue weighted by atomic mass is 10.0. The molecule has 0 bridgehead atoms. The van der Waals surface area contributed by atoms with Crippen molar-refractivity contribution in [3.8, 4) is 0 Å². The van der Waals surface area contributed by atoms with Gasteiger partial charge < -0.3 is 23.7 Å². The van der Waals surface area contributed by atoms with Crippen LogP contribution in [0.1, 0.15) is 38.8 Å². The summed E-state index contributed by atoms with van der Waals surface area (Å²) >= 11 is 0. The zero-order valence-electron chi connectivity index (χ0n) is 19.6. The Bertz CT molecular complexity index is 1520. The summed E-state index contributed by atoms with van der Waals surface area (Å²) in [6, 6.07) is 15.4. The van der Waals surface area contributed by atoms with E-state index in [1.54, 1.807) is 17.4 Å². The molecular formula is C28H26N2O4. The lowest BCUT2D eigenvalue weighted by Gasteiger charge is -2.33. The van der Waals surface area contributed by atoms with Crippen molar-refractivity contribution < 1.29 is 18.7 Å². The molecule has 6 heteroatoms. The van der Waals surface area contributed by atoms with Crippen molar-refractivity contribution >= 4 is 39.2 Å². The monoisotopic (exact) mass is 454 g/mol. The Hall–Kier alpha value is -3.77. The third-order valence-electron chi connectivity index (χ3n) is 6.76. The second-order valence-corrected chi connectivity index (χ2v) is 9.42. The van der Waals surface area contributed by atoms with E-state index < -0.39 is 6.23 Å². The molecule has 0 fully saturated rings. The molecular weight excluding hydrogens is 428 g/mol. The molecule has 0 aliphatic carbocycles. The quantitative estimate of drug-likeness (QED) is 0.435. The van der Waals surface area contributed by atoms with Crippen LogP contribution in [-0.2, 0) is 4.79 Å². The van der Waals surface area contributed by atoms with E-state index in [0.29, 0.717) is 22.5 Å². The summed E-state index contributed by atoms with van der Waals surface area (Å²) in [7, 11) is 0. The predicted octanol–water partition coefficient (Wildman–Crippen LogP) is 5.59. The van der Waals surface area contributed by atoms with Crippen LogP contribution in [0.15, 0.2) is 81.0 Å². The number of para-hydroxylation sites is 2. The maximum Gasteiger partial charge on any atom is 0.261 e. The van der Waals surface area contributed by atoms with Crippen LogP contribution in [-0.4, -0.2) is 39.1 Å². The first-order chi connectivity index (χ1) is 16.4. The average Bonchev–Trinajstić information content (AvgIpc) is 3.55. The molecule has 34 heavy (non-hydrogen) atoms. The third kappa shape index (κ3) is 2.69. The lowest BCUT2D eigenvalue weighted by molar-refractivity contribution is -0.124. The number of nitrogens with zero attached hydrogens (tertiary/aromatic N) is 2. The minimum atomic E-state index is -0.977. The van der Waals surface area contributed by atoms with Crippen LogP contribution in [0.4, 0.5) is 0 Å². The van der Waals surface area contributed by atoms with E-state index in [0.717, 1.165) is 33.1 Å². The number of amides is 1. The molecule has 2 aliphatic heterocycles. The van der Waals surface area contributed by atoms with Crippen LogP contribution in [0.25, 0.3) is 33.3 Å². The van der Waals surface area contributed by atoms with Crippen LogP contribution in [0, 0.1) is 0 Å². The van der Waals surface area contributed by atoms with E-state index in [1.807, 2.05) is 81.1 Å². The van der Waals surface area contributed by atoms with Gasteiger partial charge in [-0.3, -0.25) is 4.79 Å². The Morgan fingerprint density at radius 1 is 0.794 bits per heavy atom. The van der Waals surface area contributed by atoms with E-state index in [9.17, 15) is 9.90 Å². The molecule has 6 rings (SSSR count). The number of hydrogen-bond donors (Lipinski definition) is 1. The predicted molar refractivity (Wildman–Crippen MR) is 131 cm³/mol. The summed E-state index contributed by atoms with van der Waals surface area (Å²) in [6.45, 7) is 8.01. The highest BCUT2D eigenvalue weighted by atomic mass is 16.3. The summed E-state index contributed by atoms with van der Waals surface area (Å²) in [5, 5.41) is 13.5. The summed E-state index contributed by atoms with van der Waals surface area (Å²) in [5.74, 6) is -0.118. The molecule has 172 valence electrons. The Kier molecular flexibility index (Phi) is 4.51. The maximum absolute atomic E-state index is 14.1. The topological polar surface area (TPSA) is 70.1 Å². The fraction of sp³-hybridized carbons (Fsp3) is 0.250. The summed E-state index contributed by atoms with van der Waals surface area (Å²) in [6.07, 6.45) is 2.40. The van der Waals surface area contributed by atoms with Gasteiger partial charge in [-0.15, -0.1) is 0 Å². The van der Waals surface area contributed by atoms with Gasteiger partial charge in [-0.1, -0.05) is 36.4 Å². The van der Waals surface area contributed by atoms with Gasteiger partial charge in [0.2, 0.25) is 0 Å². The number of hydrogen-bond acceptors (Lipinski definition) is 5. The van der Waals surface area contributed by atoms with Gasteiger partial charge in [0.1, 0.15) is 23.7 Å². The Morgan fingerprint density at radius 2 is 1.32 bits per heavy atom. The van der Waals surface area contributed by atoms with Crippen molar-refractivity contribution in [3.63, 3.8) is 0 Å². The molecule has 0 saturated carbocycles. The highest BCUT2D eigenvalue weighted by Gasteiger charge is 2.50. The van der Waals surface area contributed by atoms with E-state index >= 15 is 0 Å².